The Hall–Kier alpha value is -0.880. The molecule has 0 fully saturated rings. The molecule has 0 aliphatic carbocycles. The van der Waals surface area contributed by atoms with E-state index >= 15 is 0 Å². The van der Waals surface area contributed by atoms with Gasteiger partial charge in [-0.05, 0) is 34.0 Å². The van der Waals surface area contributed by atoms with E-state index in [0.29, 0.717) is 0 Å². The molecule has 0 bridgehead atoms. The predicted octanol–water partition coefficient (Wildman–Crippen LogP) is 2.16. The molecule has 2 nitrogen and oxygen atoms in total. The van der Waals surface area contributed by atoms with E-state index in [0.717, 1.165) is 8.66 Å². The zero-order valence-corrected chi connectivity index (χ0v) is 7.70. The number of thiophene rings is 1. The Kier molecular flexibility index (Phi) is 3.06. The van der Waals surface area contributed by atoms with E-state index in [1.807, 2.05) is 12.1 Å². The standard InChI is InChI=1S/C7H2BrNOS/c8-7-2-1-6(11-7)3-4-9-5-10/h1-2H. The van der Waals surface area contributed by atoms with Gasteiger partial charge < -0.3 is 0 Å². The van der Waals surface area contributed by atoms with Crippen LogP contribution in [0.25, 0.3) is 0 Å². The van der Waals surface area contributed by atoms with Gasteiger partial charge >= 0.3 is 0 Å². The third-order valence-corrected chi connectivity index (χ3v) is 2.39. The van der Waals surface area contributed by atoms with Crippen LogP contribution in [0.5, 0.6) is 0 Å². The third-order valence-electron chi connectivity index (χ3n) is 0.854. The van der Waals surface area contributed by atoms with Gasteiger partial charge in [0, 0.05) is 0 Å². The van der Waals surface area contributed by atoms with Crippen LogP contribution in [0, 0.1) is 12.0 Å². The average molecular weight is 228 g/mol. The lowest BCUT2D eigenvalue weighted by Crippen LogP contribution is -1.57. The van der Waals surface area contributed by atoms with Crippen LogP contribution in [0.1, 0.15) is 4.88 Å². The maximum Gasteiger partial charge on any atom is 0.249 e. The van der Waals surface area contributed by atoms with Crippen molar-refractivity contribution >= 4 is 33.3 Å². The SMILES string of the molecule is O=C=NC#Cc1ccc(Br)s1. The molecule has 4 heteroatoms. The Morgan fingerprint density at radius 1 is 1.55 bits per heavy atom. The van der Waals surface area contributed by atoms with Gasteiger partial charge in [0.1, 0.15) is 0 Å². The number of halogens is 1. The van der Waals surface area contributed by atoms with Gasteiger partial charge in [-0.1, -0.05) is 0 Å². The minimum absolute atomic E-state index is 0.871. The number of isocyanates is 1. The summed E-state index contributed by atoms with van der Waals surface area (Å²) in [7, 11) is 0. The molecule has 1 aromatic rings. The van der Waals surface area contributed by atoms with Crippen molar-refractivity contribution in [1.82, 2.24) is 0 Å². The molecule has 0 N–H and O–H groups in total. The fourth-order valence-electron chi connectivity index (χ4n) is 0.487. The zero-order valence-electron chi connectivity index (χ0n) is 5.30. The number of hydrogen-bond acceptors (Lipinski definition) is 3. The second kappa shape index (κ2) is 4.09. The number of rotatable bonds is 0. The third kappa shape index (κ3) is 2.69. The Bertz CT molecular complexity index is 354. The predicted molar refractivity (Wildman–Crippen MR) is 47.0 cm³/mol. The van der Waals surface area contributed by atoms with Crippen molar-refractivity contribution in [3.05, 3.63) is 20.8 Å². The molecule has 11 heavy (non-hydrogen) atoms. The van der Waals surface area contributed by atoms with E-state index in [2.05, 4.69) is 32.9 Å². The highest BCUT2D eigenvalue weighted by molar-refractivity contribution is 9.11. The Balaban J connectivity index is 2.81. The Labute approximate surface area is 76.1 Å². The minimum Gasteiger partial charge on any atom is -0.210 e. The van der Waals surface area contributed by atoms with Crippen LogP contribution in [-0.4, -0.2) is 6.08 Å². The molecule has 0 atom stereocenters. The highest BCUT2D eigenvalue weighted by atomic mass is 79.9. The van der Waals surface area contributed by atoms with Crippen molar-refractivity contribution in [3.8, 4) is 12.0 Å². The van der Waals surface area contributed by atoms with Crippen LogP contribution in [0.2, 0.25) is 0 Å². The molecule has 54 valence electrons. The van der Waals surface area contributed by atoms with Gasteiger partial charge in [-0.25, -0.2) is 4.79 Å². The lowest BCUT2D eigenvalue weighted by molar-refractivity contribution is 0.565. The molecule has 0 aromatic carbocycles. The fourth-order valence-corrected chi connectivity index (χ4v) is 1.72. The summed E-state index contributed by atoms with van der Waals surface area (Å²) >= 11 is 4.78. The molecule has 1 rings (SSSR count). The highest BCUT2D eigenvalue weighted by Crippen LogP contribution is 2.20. The van der Waals surface area contributed by atoms with Crippen molar-refractivity contribution in [2.45, 2.75) is 0 Å². The van der Waals surface area contributed by atoms with Crippen LogP contribution >= 0.6 is 27.3 Å². The van der Waals surface area contributed by atoms with Gasteiger partial charge in [0.15, 0.2) is 0 Å². The molecular formula is C7H2BrNOS. The molecule has 0 unspecified atom stereocenters. The van der Waals surface area contributed by atoms with E-state index in [9.17, 15) is 4.79 Å². The molecule has 0 amide bonds. The van der Waals surface area contributed by atoms with Crippen LogP contribution in [0.4, 0.5) is 0 Å². The first-order valence-corrected chi connectivity index (χ1v) is 4.27. The summed E-state index contributed by atoms with van der Waals surface area (Å²) in [6, 6.07) is 6.04. The summed E-state index contributed by atoms with van der Waals surface area (Å²) in [6.45, 7) is 0. The lowest BCUT2D eigenvalue weighted by atomic mass is 10.5. The van der Waals surface area contributed by atoms with E-state index in [1.165, 1.54) is 17.4 Å². The molecule has 0 saturated carbocycles. The highest BCUT2D eigenvalue weighted by Gasteiger charge is 1.90. The van der Waals surface area contributed by atoms with Gasteiger partial charge in [-0.3, -0.25) is 0 Å². The molecule has 0 radical (unpaired) electrons. The maximum atomic E-state index is 9.60. The van der Waals surface area contributed by atoms with Crippen molar-refractivity contribution in [3.63, 3.8) is 0 Å². The molecule has 0 aliphatic heterocycles. The summed E-state index contributed by atoms with van der Waals surface area (Å²) in [6.07, 6.45) is 1.34. The molecule has 0 aliphatic rings. The summed E-state index contributed by atoms with van der Waals surface area (Å²) in [5.74, 6) is 2.68. The summed E-state index contributed by atoms with van der Waals surface area (Å²) in [5, 5.41) is 0. The van der Waals surface area contributed by atoms with Crippen molar-refractivity contribution in [1.29, 1.82) is 0 Å². The van der Waals surface area contributed by atoms with E-state index < -0.39 is 0 Å². The summed E-state index contributed by atoms with van der Waals surface area (Å²) in [4.78, 5) is 13.6. The van der Waals surface area contributed by atoms with Gasteiger partial charge in [0.2, 0.25) is 6.08 Å². The number of hydrogen-bond donors (Lipinski definition) is 0. The first kappa shape index (κ1) is 8.22. The van der Waals surface area contributed by atoms with Crippen LogP contribution in [0.15, 0.2) is 20.9 Å². The monoisotopic (exact) mass is 227 g/mol. The molecule has 1 aromatic heterocycles. The van der Waals surface area contributed by atoms with Crippen molar-refractivity contribution in [2.24, 2.45) is 4.99 Å². The van der Waals surface area contributed by atoms with Gasteiger partial charge in [-0.15, -0.1) is 16.3 Å². The van der Waals surface area contributed by atoms with E-state index in [1.54, 1.807) is 0 Å². The zero-order chi connectivity index (χ0) is 8.10. The molecule has 0 saturated heterocycles. The van der Waals surface area contributed by atoms with Crippen molar-refractivity contribution in [2.75, 3.05) is 0 Å². The molecule has 1 heterocycles. The second-order valence-corrected chi connectivity index (χ2v) is 4.01. The van der Waals surface area contributed by atoms with E-state index in [4.69, 9.17) is 0 Å². The number of carbonyl (C=O) groups excluding carboxylic acids is 1. The first-order chi connectivity index (χ1) is 5.33. The number of aliphatic imine (C=N–C) groups is 1. The first-order valence-electron chi connectivity index (χ1n) is 2.66. The quantitative estimate of drug-likeness (QED) is 0.380. The van der Waals surface area contributed by atoms with Crippen LogP contribution in [0.3, 0.4) is 0 Å². The second-order valence-electron chi connectivity index (χ2n) is 1.54. The summed E-state index contributed by atoms with van der Waals surface area (Å²) < 4.78 is 1.01. The maximum absolute atomic E-state index is 9.60. The topological polar surface area (TPSA) is 29.4 Å². The normalized spacial score (nSPS) is 7.73. The van der Waals surface area contributed by atoms with Crippen LogP contribution in [-0.2, 0) is 4.79 Å². The molecule has 0 spiro atoms. The van der Waals surface area contributed by atoms with Gasteiger partial charge in [0.25, 0.3) is 0 Å². The van der Waals surface area contributed by atoms with Crippen molar-refractivity contribution < 1.29 is 4.79 Å². The lowest BCUT2D eigenvalue weighted by Gasteiger charge is -1.71. The minimum atomic E-state index is 0.871. The summed E-state index contributed by atoms with van der Waals surface area (Å²) in [5.41, 5.74) is 0. The van der Waals surface area contributed by atoms with Crippen LogP contribution < -0.4 is 0 Å². The largest absolute Gasteiger partial charge is 0.249 e. The van der Waals surface area contributed by atoms with Gasteiger partial charge in [0.05, 0.1) is 14.7 Å². The average Bonchev–Trinajstić information content (AvgIpc) is 2.37. The van der Waals surface area contributed by atoms with E-state index in [-0.39, 0.29) is 0 Å². The Morgan fingerprint density at radius 2 is 2.36 bits per heavy atom. The van der Waals surface area contributed by atoms with Gasteiger partial charge in [-0.2, -0.15) is 0 Å². The Morgan fingerprint density at radius 3 is 2.91 bits per heavy atom. The fraction of sp³-hybridized carbons (Fsp3) is 0. The smallest absolute Gasteiger partial charge is 0.210 e. The molecular weight excluding hydrogens is 226 g/mol. The number of nitrogens with zero attached hydrogens (tertiary/aromatic N) is 1.